The molecule has 0 atom stereocenters. The van der Waals surface area contributed by atoms with E-state index in [2.05, 4.69) is 22.1 Å². The molecule has 0 saturated heterocycles. The highest BCUT2D eigenvalue weighted by molar-refractivity contribution is 7.99. The molecule has 0 aliphatic rings. The Hall–Kier alpha value is -2.66. The zero-order chi connectivity index (χ0) is 23.0. The second-order valence-corrected chi connectivity index (χ2v) is 8.15. The number of aryl methyl sites for hydroxylation is 1. The third-order valence-electron chi connectivity index (χ3n) is 4.09. The van der Waals surface area contributed by atoms with Gasteiger partial charge in [-0.1, -0.05) is 24.8 Å². The zero-order valence-corrected chi connectivity index (χ0v) is 19.7. The maximum atomic E-state index is 12.6. The SMILES string of the molecule is C=CCn1c(CC)nnc1SCC(=O)Nc1sc(C(=O)OCC)c(C)c1C(=O)OCC. The number of thioether (sulfide) groups is 1. The Labute approximate surface area is 189 Å². The van der Waals surface area contributed by atoms with Crippen LogP contribution >= 0.6 is 23.1 Å². The summed E-state index contributed by atoms with van der Waals surface area (Å²) in [6.45, 7) is 11.6. The number of nitrogens with zero attached hydrogens (tertiary/aromatic N) is 3. The molecule has 0 fully saturated rings. The van der Waals surface area contributed by atoms with E-state index in [4.69, 9.17) is 9.47 Å². The lowest BCUT2D eigenvalue weighted by Crippen LogP contribution is -2.17. The van der Waals surface area contributed by atoms with Crippen LogP contribution < -0.4 is 5.32 Å². The van der Waals surface area contributed by atoms with E-state index in [0.29, 0.717) is 23.7 Å². The molecule has 0 radical (unpaired) electrons. The summed E-state index contributed by atoms with van der Waals surface area (Å²) in [5.41, 5.74) is 0.583. The molecule has 0 saturated carbocycles. The topological polar surface area (TPSA) is 112 Å². The van der Waals surface area contributed by atoms with Crippen LogP contribution in [0.5, 0.6) is 0 Å². The van der Waals surface area contributed by atoms with E-state index in [-0.39, 0.29) is 40.3 Å². The summed E-state index contributed by atoms with van der Waals surface area (Å²) in [5.74, 6) is -0.644. The highest BCUT2D eigenvalue weighted by Crippen LogP contribution is 2.34. The largest absolute Gasteiger partial charge is 0.462 e. The van der Waals surface area contributed by atoms with Gasteiger partial charge in [-0.2, -0.15) is 0 Å². The predicted octanol–water partition coefficient (Wildman–Crippen LogP) is 3.48. The Bertz CT molecular complexity index is 967. The summed E-state index contributed by atoms with van der Waals surface area (Å²) in [5, 5.41) is 11.8. The van der Waals surface area contributed by atoms with Crippen molar-refractivity contribution in [2.75, 3.05) is 24.3 Å². The maximum Gasteiger partial charge on any atom is 0.348 e. The van der Waals surface area contributed by atoms with Gasteiger partial charge in [0.1, 0.15) is 15.7 Å². The van der Waals surface area contributed by atoms with Gasteiger partial charge in [0, 0.05) is 13.0 Å². The molecular formula is C20H26N4O5S2. The number of esters is 2. The van der Waals surface area contributed by atoms with Gasteiger partial charge in [-0.25, -0.2) is 9.59 Å². The summed E-state index contributed by atoms with van der Waals surface area (Å²) in [4.78, 5) is 37.5. The van der Waals surface area contributed by atoms with Crippen LogP contribution in [-0.2, 0) is 27.2 Å². The number of hydrogen-bond acceptors (Lipinski definition) is 9. The molecule has 1 N–H and O–H groups in total. The molecule has 0 aliphatic heterocycles. The van der Waals surface area contributed by atoms with Gasteiger partial charge in [-0.15, -0.1) is 28.1 Å². The summed E-state index contributed by atoms with van der Waals surface area (Å²) in [6.07, 6.45) is 2.45. The molecule has 31 heavy (non-hydrogen) atoms. The first-order valence-corrected chi connectivity index (χ1v) is 11.6. The predicted molar refractivity (Wildman–Crippen MR) is 120 cm³/mol. The second-order valence-electron chi connectivity index (χ2n) is 6.19. The maximum absolute atomic E-state index is 12.6. The number of ether oxygens (including phenoxy) is 2. The van der Waals surface area contributed by atoms with Crippen molar-refractivity contribution < 1.29 is 23.9 Å². The van der Waals surface area contributed by atoms with Crippen LogP contribution in [0.25, 0.3) is 0 Å². The minimum atomic E-state index is -0.604. The quantitative estimate of drug-likeness (QED) is 0.304. The number of nitrogens with one attached hydrogen (secondary N) is 1. The normalized spacial score (nSPS) is 10.6. The van der Waals surface area contributed by atoms with Crippen LogP contribution in [0.2, 0.25) is 0 Å². The van der Waals surface area contributed by atoms with Crippen molar-refractivity contribution in [2.45, 2.75) is 45.8 Å². The van der Waals surface area contributed by atoms with E-state index in [9.17, 15) is 14.4 Å². The Balaban J connectivity index is 2.21. The Morgan fingerprint density at radius 2 is 1.84 bits per heavy atom. The first kappa shape index (κ1) is 24.6. The number of allylic oxidation sites excluding steroid dienone is 1. The summed E-state index contributed by atoms with van der Waals surface area (Å²) >= 11 is 2.22. The molecule has 11 heteroatoms. The van der Waals surface area contributed by atoms with Crippen molar-refractivity contribution in [3.8, 4) is 0 Å². The number of anilines is 1. The fourth-order valence-corrected chi connectivity index (χ4v) is 4.61. The molecule has 0 aromatic carbocycles. The Morgan fingerprint density at radius 1 is 1.16 bits per heavy atom. The van der Waals surface area contributed by atoms with Gasteiger partial charge >= 0.3 is 11.9 Å². The van der Waals surface area contributed by atoms with Crippen LogP contribution in [0.3, 0.4) is 0 Å². The lowest BCUT2D eigenvalue weighted by molar-refractivity contribution is -0.113. The highest BCUT2D eigenvalue weighted by atomic mass is 32.2. The van der Waals surface area contributed by atoms with Gasteiger partial charge in [-0.3, -0.25) is 4.79 Å². The minimum Gasteiger partial charge on any atom is -0.462 e. The molecule has 0 unspecified atom stereocenters. The third kappa shape index (κ3) is 5.95. The number of thiophene rings is 1. The first-order valence-electron chi connectivity index (χ1n) is 9.80. The van der Waals surface area contributed by atoms with E-state index in [1.165, 1.54) is 11.8 Å². The van der Waals surface area contributed by atoms with E-state index < -0.39 is 11.9 Å². The van der Waals surface area contributed by atoms with Crippen LogP contribution in [0, 0.1) is 6.92 Å². The Morgan fingerprint density at radius 3 is 2.45 bits per heavy atom. The number of carbonyl (C=O) groups is 3. The minimum absolute atomic E-state index is 0.0486. The van der Waals surface area contributed by atoms with Gasteiger partial charge in [0.25, 0.3) is 0 Å². The fraction of sp³-hybridized carbons (Fsp3) is 0.450. The van der Waals surface area contributed by atoms with E-state index in [1.807, 2.05) is 11.5 Å². The van der Waals surface area contributed by atoms with E-state index in [0.717, 1.165) is 17.2 Å². The average molecular weight is 467 g/mol. The zero-order valence-electron chi connectivity index (χ0n) is 18.0. The molecule has 9 nitrogen and oxygen atoms in total. The average Bonchev–Trinajstić information content (AvgIpc) is 3.27. The van der Waals surface area contributed by atoms with Crippen molar-refractivity contribution in [2.24, 2.45) is 0 Å². The smallest absolute Gasteiger partial charge is 0.348 e. The molecule has 1 amide bonds. The van der Waals surface area contributed by atoms with Crippen molar-refractivity contribution in [1.29, 1.82) is 0 Å². The summed E-state index contributed by atoms with van der Waals surface area (Å²) in [6, 6.07) is 0. The number of hydrogen-bond donors (Lipinski definition) is 1. The highest BCUT2D eigenvalue weighted by Gasteiger charge is 2.27. The molecule has 0 bridgehead atoms. The molecule has 168 valence electrons. The molecule has 2 heterocycles. The fourth-order valence-electron chi connectivity index (χ4n) is 2.73. The third-order valence-corrected chi connectivity index (χ3v) is 6.25. The summed E-state index contributed by atoms with van der Waals surface area (Å²) in [7, 11) is 0. The standard InChI is InChI=1S/C20H26N4O5S2/c1-6-10-24-13(7-2)22-23-20(24)30-11-14(25)21-17-15(18(26)28-8-3)12(5)16(31-17)19(27)29-9-4/h6H,1,7-11H2,2-5H3,(H,21,25). The molecule has 0 aliphatic carbocycles. The molecule has 2 aromatic heterocycles. The van der Waals surface area contributed by atoms with Crippen molar-refractivity contribution in [3.05, 3.63) is 34.5 Å². The van der Waals surface area contributed by atoms with E-state index >= 15 is 0 Å². The van der Waals surface area contributed by atoms with Gasteiger partial charge < -0.3 is 19.4 Å². The second kappa shape index (κ2) is 11.7. The van der Waals surface area contributed by atoms with Crippen molar-refractivity contribution >= 4 is 45.9 Å². The Kier molecular flexibility index (Phi) is 9.25. The van der Waals surface area contributed by atoms with Gasteiger partial charge in [0.15, 0.2) is 5.16 Å². The molecular weight excluding hydrogens is 440 g/mol. The van der Waals surface area contributed by atoms with E-state index in [1.54, 1.807) is 26.8 Å². The van der Waals surface area contributed by atoms with Crippen molar-refractivity contribution in [1.82, 2.24) is 14.8 Å². The van der Waals surface area contributed by atoms with Crippen molar-refractivity contribution in [3.63, 3.8) is 0 Å². The van der Waals surface area contributed by atoms with Crippen LogP contribution in [0.1, 0.15) is 52.2 Å². The van der Waals surface area contributed by atoms with Crippen LogP contribution in [-0.4, -0.2) is 51.6 Å². The summed E-state index contributed by atoms with van der Waals surface area (Å²) < 4.78 is 12.0. The van der Waals surface area contributed by atoms with Crippen LogP contribution in [0.4, 0.5) is 5.00 Å². The van der Waals surface area contributed by atoms with Gasteiger partial charge in [0.2, 0.25) is 5.91 Å². The molecule has 2 rings (SSSR count). The molecule has 2 aromatic rings. The van der Waals surface area contributed by atoms with Gasteiger partial charge in [0.05, 0.1) is 24.5 Å². The first-order chi connectivity index (χ1) is 14.9. The number of rotatable bonds is 11. The lowest BCUT2D eigenvalue weighted by Gasteiger charge is -2.08. The number of aromatic nitrogens is 3. The van der Waals surface area contributed by atoms with Crippen LogP contribution in [0.15, 0.2) is 17.8 Å². The number of amides is 1. The molecule has 0 spiro atoms. The lowest BCUT2D eigenvalue weighted by atomic mass is 10.1. The number of carbonyl (C=O) groups excluding carboxylic acids is 3. The van der Waals surface area contributed by atoms with Gasteiger partial charge in [-0.05, 0) is 26.3 Å². The monoisotopic (exact) mass is 466 g/mol.